The van der Waals surface area contributed by atoms with Crippen LogP contribution in [0.5, 0.6) is 0 Å². The molecule has 0 aliphatic carbocycles. The SMILES string of the molecule is Cc1ccc(CN(C)CC2CCCNC2)cn1. The molecule has 1 aromatic heterocycles. The van der Waals surface area contributed by atoms with Crippen LogP contribution in [0.25, 0.3) is 0 Å². The molecule has 1 unspecified atom stereocenters. The van der Waals surface area contributed by atoms with Gasteiger partial charge in [0, 0.05) is 25.0 Å². The third-order valence-electron chi connectivity index (χ3n) is 3.39. The van der Waals surface area contributed by atoms with E-state index >= 15 is 0 Å². The molecule has 1 fully saturated rings. The number of nitrogens with one attached hydrogen (secondary N) is 1. The lowest BCUT2D eigenvalue weighted by Crippen LogP contribution is -2.36. The summed E-state index contributed by atoms with van der Waals surface area (Å²) in [6.45, 7) is 6.59. The Morgan fingerprint density at radius 3 is 3.00 bits per heavy atom. The summed E-state index contributed by atoms with van der Waals surface area (Å²) in [6, 6.07) is 4.27. The van der Waals surface area contributed by atoms with Crippen molar-refractivity contribution in [2.45, 2.75) is 26.3 Å². The molecule has 3 nitrogen and oxygen atoms in total. The summed E-state index contributed by atoms with van der Waals surface area (Å²) in [5, 5.41) is 3.47. The van der Waals surface area contributed by atoms with Crippen molar-refractivity contribution in [3.63, 3.8) is 0 Å². The first-order chi connectivity index (χ1) is 8.24. The van der Waals surface area contributed by atoms with E-state index in [4.69, 9.17) is 0 Å². The average molecular weight is 233 g/mol. The summed E-state index contributed by atoms with van der Waals surface area (Å²) in [7, 11) is 2.20. The number of hydrogen-bond donors (Lipinski definition) is 1. The van der Waals surface area contributed by atoms with Crippen molar-refractivity contribution < 1.29 is 0 Å². The van der Waals surface area contributed by atoms with E-state index in [-0.39, 0.29) is 0 Å². The standard InChI is InChI=1S/C14H23N3/c1-12-5-6-14(9-16-12)11-17(2)10-13-4-3-7-15-8-13/h5-6,9,13,15H,3-4,7-8,10-11H2,1-2H3. The Kier molecular flexibility index (Phi) is 4.51. The van der Waals surface area contributed by atoms with Gasteiger partial charge < -0.3 is 10.2 Å². The summed E-state index contributed by atoms with van der Waals surface area (Å²) in [5.74, 6) is 0.812. The fourth-order valence-electron chi connectivity index (χ4n) is 2.49. The van der Waals surface area contributed by atoms with Crippen molar-refractivity contribution in [3.8, 4) is 0 Å². The number of hydrogen-bond acceptors (Lipinski definition) is 3. The molecule has 0 saturated carbocycles. The molecule has 0 spiro atoms. The molecule has 0 bridgehead atoms. The van der Waals surface area contributed by atoms with E-state index in [1.807, 2.05) is 13.1 Å². The van der Waals surface area contributed by atoms with Crippen molar-refractivity contribution >= 4 is 0 Å². The minimum absolute atomic E-state index is 0.812. The van der Waals surface area contributed by atoms with Crippen LogP contribution in [0.15, 0.2) is 18.3 Å². The van der Waals surface area contributed by atoms with Gasteiger partial charge in [-0.3, -0.25) is 4.98 Å². The predicted molar refractivity (Wildman–Crippen MR) is 70.9 cm³/mol. The van der Waals surface area contributed by atoms with Gasteiger partial charge in [0.05, 0.1) is 0 Å². The van der Waals surface area contributed by atoms with Gasteiger partial charge in [-0.15, -0.1) is 0 Å². The Morgan fingerprint density at radius 2 is 2.35 bits per heavy atom. The number of aryl methyl sites for hydroxylation is 1. The molecule has 94 valence electrons. The van der Waals surface area contributed by atoms with E-state index in [9.17, 15) is 0 Å². The van der Waals surface area contributed by atoms with E-state index in [1.165, 1.54) is 38.0 Å². The Bertz CT molecular complexity index is 328. The molecule has 1 aliphatic rings. The van der Waals surface area contributed by atoms with Gasteiger partial charge in [0.15, 0.2) is 0 Å². The van der Waals surface area contributed by atoms with E-state index < -0.39 is 0 Å². The number of aromatic nitrogens is 1. The van der Waals surface area contributed by atoms with Crippen LogP contribution in [0, 0.1) is 12.8 Å². The lowest BCUT2D eigenvalue weighted by Gasteiger charge is -2.27. The Hall–Kier alpha value is -0.930. The fourth-order valence-corrected chi connectivity index (χ4v) is 2.49. The summed E-state index contributed by atoms with van der Waals surface area (Å²) < 4.78 is 0. The highest BCUT2D eigenvalue weighted by molar-refractivity contribution is 5.12. The lowest BCUT2D eigenvalue weighted by atomic mass is 9.99. The zero-order chi connectivity index (χ0) is 12.1. The van der Waals surface area contributed by atoms with Crippen molar-refractivity contribution in [1.82, 2.24) is 15.2 Å². The van der Waals surface area contributed by atoms with Crippen molar-refractivity contribution in [2.75, 3.05) is 26.7 Å². The molecule has 2 heterocycles. The highest BCUT2D eigenvalue weighted by Crippen LogP contribution is 2.12. The van der Waals surface area contributed by atoms with Crippen molar-refractivity contribution in [1.29, 1.82) is 0 Å². The first-order valence-corrected chi connectivity index (χ1v) is 6.55. The molecule has 1 aliphatic heterocycles. The second-order valence-corrected chi connectivity index (χ2v) is 5.22. The fraction of sp³-hybridized carbons (Fsp3) is 0.643. The molecule has 2 rings (SSSR count). The van der Waals surface area contributed by atoms with Gasteiger partial charge in [-0.25, -0.2) is 0 Å². The van der Waals surface area contributed by atoms with E-state index in [0.717, 1.165) is 18.2 Å². The van der Waals surface area contributed by atoms with Crippen LogP contribution in [0.4, 0.5) is 0 Å². The Morgan fingerprint density at radius 1 is 1.47 bits per heavy atom. The molecule has 0 aromatic carbocycles. The molecular weight excluding hydrogens is 210 g/mol. The van der Waals surface area contributed by atoms with E-state index in [1.54, 1.807) is 0 Å². The Balaban J connectivity index is 1.79. The van der Waals surface area contributed by atoms with Gasteiger partial charge in [0.1, 0.15) is 0 Å². The maximum Gasteiger partial charge on any atom is 0.0372 e. The maximum atomic E-state index is 4.34. The largest absolute Gasteiger partial charge is 0.316 e. The molecule has 3 heteroatoms. The molecule has 1 saturated heterocycles. The molecule has 1 aromatic rings. The third-order valence-corrected chi connectivity index (χ3v) is 3.39. The highest BCUT2D eigenvalue weighted by Gasteiger charge is 2.14. The maximum absolute atomic E-state index is 4.34. The van der Waals surface area contributed by atoms with Gasteiger partial charge in [-0.2, -0.15) is 0 Å². The number of pyridine rings is 1. The van der Waals surface area contributed by atoms with E-state index in [0.29, 0.717) is 0 Å². The van der Waals surface area contributed by atoms with Gasteiger partial charge in [0.2, 0.25) is 0 Å². The average Bonchev–Trinajstić information content (AvgIpc) is 2.33. The second-order valence-electron chi connectivity index (χ2n) is 5.22. The van der Waals surface area contributed by atoms with Gasteiger partial charge >= 0.3 is 0 Å². The zero-order valence-electron chi connectivity index (χ0n) is 10.9. The summed E-state index contributed by atoms with van der Waals surface area (Å²) in [6.07, 6.45) is 4.68. The Labute approximate surface area is 104 Å². The van der Waals surface area contributed by atoms with E-state index in [2.05, 4.69) is 34.4 Å². The minimum atomic E-state index is 0.812. The quantitative estimate of drug-likeness (QED) is 0.860. The summed E-state index contributed by atoms with van der Waals surface area (Å²) in [5.41, 5.74) is 2.40. The molecule has 1 N–H and O–H groups in total. The first-order valence-electron chi connectivity index (χ1n) is 6.55. The van der Waals surface area contributed by atoms with Crippen LogP contribution in [-0.4, -0.2) is 36.6 Å². The van der Waals surface area contributed by atoms with Crippen LogP contribution in [0.1, 0.15) is 24.1 Å². The second kappa shape index (κ2) is 6.12. The number of piperidine rings is 1. The number of nitrogens with zero attached hydrogens (tertiary/aromatic N) is 2. The smallest absolute Gasteiger partial charge is 0.0372 e. The molecular formula is C14H23N3. The van der Waals surface area contributed by atoms with Crippen LogP contribution < -0.4 is 5.32 Å². The predicted octanol–water partition coefficient (Wildman–Crippen LogP) is 1.82. The molecule has 0 radical (unpaired) electrons. The highest BCUT2D eigenvalue weighted by atomic mass is 15.1. The number of rotatable bonds is 4. The third kappa shape index (κ3) is 4.10. The van der Waals surface area contributed by atoms with Gasteiger partial charge in [0.25, 0.3) is 0 Å². The minimum Gasteiger partial charge on any atom is -0.316 e. The summed E-state index contributed by atoms with van der Waals surface area (Å²) in [4.78, 5) is 6.75. The zero-order valence-corrected chi connectivity index (χ0v) is 10.9. The first kappa shape index (κ1) is 12.5. The topological polar surface area (TPSA) is 28.2 Å². The van der Waals surface area contributed by atoms with Crippen molar-refractivity contribution in [2.24, 2.45) is 5.92 Å². The molecule has 1 atom stereocenters. The van der Waals surface area contributed by atoms with Crippen LogP contribution in [0.2, 0.25) is 0 Å². The molecule has 0 amide bonds. The lowest BCUT2D eigenvalue weighted by molar-refractivity contribution is 0.237. The van der Waals surface area contributed by atoms with Crippen LogP contribution in [-0.2, 0) is 6.54 Å². The van der Waals surface area contributed by atoms with Crippen LogP contribution in [0.3, 0.4) is 0 Å². The molecule has 17 heavy (non-hydrogen) atoms. The van der Waals surface area contributed by atoms with Gasteiger partial charge in [-0.1, -0.05) is 6.07 Å². The van der Waals surface area contributed by atoms with Gasteiger partial charge in [-0.05, 0) is 57.5 Å². The monoisotopic (exact) mass is 233 g/mol. The normalized spacial score (nSPS) is 20.8. The van der Waals surface area contributed by atoms with Crippen LogP contribution >= 0.6 is 0 Å². The van der Waals surface area contributed by atoms with Crippen molar-refractivity contribution in [3.05, 3.63) is 29.6 Å². The summed E-state index contributed by atoms with van der Waals surface area (Å²) >= 11 is 0.